The molecule has 1 N–H and O–H groups in total. The fourth-order valence-corrected chi connectivity index (χ4v) is 2.48. The number of carbonyl (C=O) groups excluding carboxylic acids is 1. The summed E-state index contributed by atoms with van der Waals surface area (Å²) >= 11 is 0. The topological polar surface area (TPSA) is 55.8 Å². The summed E-state index contributed by atoms with van der Waals surface area (Å²) in [6, 6.07) is 9.49. The van der Waals surface area contributed by atoms with E-state index in [4.69, 9.17) is 9.47 Å². The highest BCUT2D eigenvalue weighted by molar-refractivity contribution is 5.72. The first-order valence-corrected chi connectivity index (χ1v) is 9.06. The number of benzene rings is 1. The Morgan fingerprint density at radius 3 is 2.42 bits per heavy atom. The van der Waals surface area contributed by atoms with Gasteiger partial charge in [-0.2, -0.15) is 0 Å². The van der Waals surface area contributed by atoms with Crippen LogP contribution < -0.4 is 4.74 Å². The van der Waals surface area contributed by atoms with E-state index in [1.54, 1.807) is 0 Å². The summed E-state index contributed by atoms with van der Waals surface area (Å²) in [5.41, 5.74) is -0.561. The Balaban J connectivity index is 2.58. The van der Waals surface area contributed by atoms with E-state index in [9.17, 15) is 9.90 Å². The van der Waals surface area contributed by atoms with Crippen molar-refractivity contribution in [1.29, 1.82) is 0 Å². The van der Waals surface area contributed by atoms with Crippen LogP contribution in [0.3, 0.4) is 0 Å². The average molecular weight is 336 g/mol. The van der Waals surface area contributed by atoms with Crippen LogP contribution in [-0.2, 0) is 9.53 Å². The summed E-state index contributed by atoms with van der Waals surface area (Å²) in [5, 5.41) is 9.83. The molecule has 1 rings (SSSR count). The summed E-state index contributed by atoms with van der Waals surface area (Å²) in [5.74, 6) is 0.551. The van der Waals surface area contributed by atoms with E-state index in [-0.39, 0.29) is 25.1 Å². The molecule has 4 heteroatoms. The van der Waals surface area contributed by atoms with Gasteiger partial charge in [-0.1, -0.05) is 51.8 Å². The fraction of sp³-hybridized carbons (Fsp3) is 0.650. The van der Waals surface area contributed by atoms with E-state index in [1.807, 2.05) is 44.2 Å². The van der Waals surface area contributed by atoms with Crippen molar-refractivity contribution in [2.45, 2.75) is 52.9 Å². The van der Waals surface area contributed by atoms with Crippen molar-refractivity contribution in [3.8, 4) is 5.75 Å². The van der Waals surface area contributed by atoms with Crippen LogP contribution in [0.4, 0.5) is 0 Å². The monoisotopic (exact) mass is 336 g/mol. The van der Waals surface area contributed by atoms with Gasteiger partial charge in [0.05, 0.1) is 24.5 Å². The van der Waals surface area contributed by atoms with Crippen LogP contribution in [0.1, 0.15) is 52.9 Å². The van der Waals surface area contributed by atoms with Gasteiger partial charge in [0.25, 0.3) is 0 Å². The Morgan fingerprint density at radius 1 is 1.17 bits per heavy atom. The highest BCUT2D eigenvalue weighted by Crippen LogP contribution is 2.25. The molecule has 0 saturated heterocycles. The molecule has 136 valence electrons. The Bertz CT molecular complexity index is 454. The largest absolute Gasteiger partial charge is 0.493 e. The molecule has 1 aromatic carbocycles. The summed E-state index contributed by atoms with van der Waals surface area (Å²) in [4.78, 5) is 12.3. The quantitative estimate of drug-likeness (QED) is 0.581. The van der Waals surface area contributed by atoms with E-state index in [0.717, 1.165) is 31.4 Å². The minimum absolute atomic E-state index is 0.0479. The molecule has 0 amide bonds. The van der Waals surface area contributed by atoms with Crippen molar-refractivity contribution in [3.63, 3.8) is 0 Å². The van der Waals surface area contributed by atoms with Gasteiger partial charge in [-0.15, -0.1) is 0 Å². The number of rotatable bonds is 12. The number of hydrogen-bond acceptors (Lipinski definition) is 4. The maximum absolute atomic E-state index is 12.3. The van der Waals surface area contributed by atoms with E-state index >= 15 is 0 Å². The third-order valence-corrected chi connectivity index (χ3v) is 4.63. The molecule has 0 fully saturated rings. The molecule has 0 saturated carbocycles. The van der Waals surface area contributed by atoms with Gasteiger partial charge in [-0.25, -0.2) is 0 Å². The summed E-state index contributed by atoms with van der Waals surface area (Å²) in [6.45, 7) is 6.55. The van der Waals surface area contributed by atoms with Crippen LogP contribution in [0.5, 0.6) is 5.75 Å². The Kier molecular flexibility index (Phi) is 9.46. The van der Waals surface area contributed by atoms with E-state index in [1.165, 1.54) is 0 Å². The lowest BCUT2D eigenvalue weighted by atomic mass is 9.88. The third kappa shape index (κ3) is 6.52. The van der Waals surface area contributed by atoms with Crippen molar-refractivity contribution in [2.24, 2.45) is 11.3 Å². The molecule has 4 nitrogen and oxygen atoms in total. The standard InChI is InChI=1S/C20H32O4/c1-4-7-11-17(5-2)19(22)24-16-20(6-3,14-21)15-23-18-12-9-8-10-13-18/h8-10,12-13,17,21H,4-7,11,14-16H2,1-3H3. The highest BCUT2D eigenvalue weighted by Gasteiger charge is 2.32. The number of carbonyl (C=O) groups is 1. The lowest BCUT2D eigenvalue weighted by molar-refractivity contribution is -0.154. The number of hydrogen-bond donors (Lipinski definition) is 1. The van der Waals surface area contributed by atoms with Crippen molar-refractivity contribution in [3.05, 3.63) is 30.3 Å². The zero-order chi connectivity index (χ0) is 17.8. The summed E-state index contributed by atoms with van der Waals surface area (Å²) in [6.07, 6.45) is 4.44. The van der Waals surface area contributed by atoms with Gasteiger partial charge >= 0.3 is 5.97 Å². The van der Waals surface area contributed by atoms with Crippen molar-refractivity contribution < 1.29 is 19.4 Å². The van der Waals surface area contributed by atoms with Crippen molar-refractivity contribution >= 4 is 5.97 Å². The second-order valence-corrected chi connectivity index (χ2v) is 6.47. The van der Waals surface area contributed by atoms with Crippen LogP contribution >= 0.6 is 0 Å². The van der Waals surface area contributed by atoms with Gasteiger partial charge < -0.3 is 14.6 Å². The molecule has 0 radical (unpaired) electrons. The molecule has 2 unspecified atom stereocenters. The second kappa shape index (κ2) is 11.1. The maximum atomic E-state index is 12.3. The van der Waals surface area contributed by atoms with Gasteiger partial charge in [0.2, 0.25) is 0 Å². The van der Waals surface area contributed by atoms with Crippen LogP contribution in [0.2, 0.25) is 0 Å². The number of aliphatic hydroxyl groups excluding tert-OH is 1. The molecule has 0 aliphatic carbocycles. The number of ether oxygens (including phenoxy) is 2. The molecule has 1 aromatic rings. The SMILES string of the molecule is CCCCC(CC)C(=O)OCC(CC)(CO)COc1ccccc1. The number of para-hydroxylation sites is 1. The molecule has 2 atom stereocenters. The van der Waals surface area contributed by atoms with Crippen LogP contribution in [-0.4, -0.2) is 30.9 Å². The van der Waals surface area contributed by atoms with Crippen molar-refractivity contribution in [1.82, 2.24) is 0 Å². The number of unbranched alkanes of at least 4 members (excludes halogenated alkanes) is 1. The first-order valence-electron chi connectivity index (χ1n) is 9.06. The van der Waals surface area contributed by atoms with E-state index in [2.05, 4.69) is 6.92 Å². The summed E-state index contributed by atoms with van der Waals surface area (Å²) < 4.78 is 11.3. The predicted octanol–water partition coefficient (Wildman–Crippen LogP) is 4.21. The summed E-state index contributed by atoms with van der Waals surface area (Å²) in [7, 11) is 0. The zero-order valence-electron chi connectivity index (χ0n) is 15.3. The molecule has 0 aliphatic rings. The highest BCUT2D eigenvalue weighted by atomic mass is 16.5. The molecule has 0 aliphatic heterocycles. The van der Waals surface area contributed by atoms with Crippen LogP contribution in [0, 0.1) is 11.3 Å². The molecule has 0 bridgehead atoms. The van der Waals surface area contributed by atoms with Gasteiger partial charge in [0.1, 0.15) is 12.4 Å². The van der Waals surface area contributed by atoms with E-state index in [0.29, 0.717) is 13.0 Å². The molecule has 24 heavy (non-hydrogen) atoms. The Hall–Kier alpha value is -1.55. The van der Waals surface area contributed by atoms with E-state index < -0.39 is 5.41 Å². The van der Waals surface area contributed by atoms with Crippen LogP contribution in [0.25, 0.3) is 0 Å². The smallest absolute Gasteiger partial charge is 0.308 e. The maximum Gasteiger partial charge on any atom is 0.308 e. The third-order valence-electron chi connectivity index (χ3n) is 4.63. The van der Waals surface area contributed by atoms with Gasteiger partial charge in [0, 0.05) is 0 Å². The molecule has 0 heterocycles. The lowest BCUT2D eigenvalue weighted by Gasteiger charge is -2.30. The molecular formula is C20H32O4. The lowest BCUT2D eigenvalue weighted by Crippen LogP contribution is -2.38. The normalized spacial score (nSPS) is 14.7. The fourth-order valence-electron chi connectivity index (χ4n) is 2.48. The van der Waals surface area contributed by atoms with Crippen LogP contribution in [0.15, 0.2) is 30.3 Å². The van der Waals surface area contributed by atoms with Gasteiger partial charge in [-0.05, 0) is 31.4 Å². The number of aliphatic hydroxyl groups is 1. The minimum Gasteiger partial charge on any atom is -0.493 e. The van der Waals surface area contributed by atoms with Gasteiger partial charge in [0.15, 0.2) is 0 Å². The Morgan fingerprint density at radius 2 is 1.88 bits per heavy atom. The molecule has 0 spiro atoms. The molecular weight excluding hydrogens is 304 g/mol. The van der Waals surface area contributed by atoms with Crippen molar-refractivity contribution in [2.75, 3.05) is 19.8 Å². The minimum atomic E-state index is -0.561. The predicted molar refractivity (Wildman–Crippen MR) is 96.0 cm³/mol. The first-order chi connectivity index (χ1) is 11.6. The number of esters is 1. The van der Waals surface area contributed by atoms with Gasteiger partial charge in [-0.3, -0.25) is 4.79 Å². The average Bonchev–Trinajstić information content (AvgIpc) is 2.64. The second-order valence-electron chi connectivity index (χ2n) is 6.47. The zero-order valence-corrected chi connectivity index (χ0v) is 15.3. The first kappa shape index (κ1) is 20.5. The Labute approximate surface area is 146 Å². The molecule has 0 aromatic heterocycles.